The van der Waals surface area contributed by atoms with E-state index in [0.29, 0.717) is 24.7 Å². The molecule has 1 unspecified atom stereocenters. The Morgan fingerprint density at radius 1 is 1.23 bits per heavy atom. The third-order valence-corrected chi connectivity index (χ3v) is 6.21. The molecular weight excluding hydrogens is 354 g/mol. The molecule has 1 amide bonds. The van der Waals surface area contributed by atoms with Gasteiger partial charge in [0.05, 0.1) is 12.6 Å². The second kappa shape index (κ2) is 7.45. The van der Waals surface area contributed by atoms with E-state index in [9.17, 15) is 13.6 Å². The van der Waals surface area contributed by atoms with Gasteiger partial charge >= 0.3 is 0 Å². The molecule has 0 spiro atoms. The number of amides is 1. The number of thiophene rings is 1. The maximum Gasteiger partial charge on any atom is 0.237 e. The molecule has 2 aliphatic rings. The van der Waals surface area contributed by atoms with Crippen molar-refractivity contribution in [1.82, 2.24) is 9.80 Å². The highest BCUT2D eigenvalue weighted by atomic mass is 32.1. The number of rotatable bonds is 6. The summed E-state index contributed by atoms with van der Waals surface area (Å²) < 4.78 is 27.2. The highest BCUT2D eigenvalue weighted by Crippen LogP contribution is 2.35. The van der Waals surface area contributed by atoms with Crippen molar-refractivity contribution in [2.24, 2.45) is 0 Å². The lowest BCUT2D eigenvalue weighted by molar-refractivity contribution is -0.133. The molecule has 4 rings (SSSR count). The summed E-state index contributed by atoms with van der Waals surface area (Å²) in [6, 6.07) is 8.28. The zero-order valence-corrected chi connectivity index (χ0v) is 15.4. The number of carbonyl (C=O) groups is 1. The van der Waals surface area contributed by atoms with Crippen molar-refractivity contribution in [3.05, 3.63) is 57.8 Å². The van der Waals surface area contributed by atoms with E-state index < -0.39 is 11.6 Å². The van der Waals surface area contributed by atoms with Gasteiger partial charge in [-0.2, -0.15) is 0 Å². The molecule has 1 aromatic heterocycles. The Hall–Kier alpha value is -1.79. The first-order valence-electron chi connectivity index (χ1n) is 9.12. The minimum absolute atomic E-state index is 0.107. The van der Waals surface area contributed by atoms with Gasteiger partial charge in [-0.15, -0.1) is 11.3 Å². The zero-order valence-electron chi connectivity index (χ0n) is 14.5. The van der Waals surface area contributed by atoms with Crippen molar-refractivity contribution in [3.63, 3.8) is 0 Å². The highest BCUT2D eigenvalue weighted by Gasteiger charge is 2.35. The summed E-state index contributed by atoms with van der Waals surface area (Å²) in [6.07, 6.45) is 4.08. The van der Waals surface area contributed by atoms with Crippen LogP contribution in [0.1, 0.15) is 42.2 Å². The van der Waals surface area contributed by atoms with E-state index in [1.807, 2.05) is 21.2 Å². The molecule has 1 aromatic carbocycles. The normalized spacial score (nSPS) is 20.1. The molecule has 1 aliphatic carbocycles. The van der Waals surface area contributed by atoms with Gasteiger partial charge in [0, 0.05) is 35.6 Å². The molecule has 2 aromatic rings. The summed E-state index contributed by atoms with van der Waals surface area (Å²) >= 11 is 1.69. The summed E-state index contributed by atoms with van der Waals surface area (Å²) in [5, 5.41) is 2.05. The molecule has 2 heterocycles. The fourth-order valence-electron chi connectivity index (χ4n) is 3.73. The van der Waals surface area contributed by atoms with Crippen LogP contribution in [0.5, 0.6) is 0 Å². The van der Waals surface area contributed by atoms with Gasteiger partial charge in [-0.1, -0.05) is 12.1 Å². The SMILES string of the molecule is O=C(CN(Cc1ccc(F)cc1F)C1CC1)N1CCCC1c1cccs1. The lowest BCUT2D eigenvalue weighted by Gasteiger charge is -2.28. The van der Waals surface area contributed by atoms with Crippen LogP contribution in [-0.2, 0) is 11.3 Å². The standard InChI is InChI=1S/C20H22F2N2OS/c21-15-6-5-14(17(22)11-15)12-23(16-7-8-16)13-20(25)24-9-1-3-18(24)19-4-2-10-26-19/h2,4-6,10-11,16,18H,1,3,7-9,12-13H2. The van der Waals surface area contributed by atoms with Crippen molar-refractivity contribution >= 4 is 17.2 Å². The summed E-state index contributed by atoms with van der Waals surface area (Å²) in [7, 11) is 0. The summed E-state index contributed by atoms with van der Waals surface area (Å²) in [5.41, 5.74) is 0.447. The Morgan fingerprint density at radius 3 is 2.77 bits per heavy atom. The van der Waals surface area contributed by atoms with Crippen LogP contribution in [0.2, 0.25) is 0 Å². The van der Waals surface area contributed by atoms with Crippen molar-refractivity contribution < 1.29 is 13.6 Å². The van der Waals surface area contributed by atoms with E-state index in [0.717, 1.165) is 38.3 Å². The molecule has 1 saturated carbocycles. The number of benzene rings is 1. The maximum absolute atomic E-state index is 14.0. The number of halogens is 2. The molecule has 6 heteroatoms. The quantitative estimate of drug-likeness (QED) is 0.748. The monoisotopic (exact) mass is 376 g/mol. The van der Waals surface area contributed by atoms with Crippen molar-refractivity contribution in [2.75, 3.05) is 13.1 Å². The average Bonchev–Trinajstić information content (AvgIpc) is 3.10. The summed E-state index contributed by atoms with van der Waals surface area (Å²) in [5.74, 6) is -1.01. The minimum atomic E-state index is -0.573. The predicted molar refractivity (Wildman–Crippen MR) is 97.8 cm³/mol. The lowest BCUT2D eigenvalue weighted by Crippen LogP contribution is -2.40. The first kappa shape index (κ1) is 17.6. The van der Waals surface area contributed by atoms with Gasteiger partial charge in [0.25, 0.3) is 0 Å². The van der Waals surface area contributed by atoms with E-state index >= 15 is 0 Å². The number of carbonyl (C=O) groups excluding carboxylic acids is 1. The molecule has 0 N–H and O–H groups in total. The molecule has 26 heavy (non-hydrogen) atoms. The van der Waals surface area contributed by atoms with Gasteiger partial charge in [-0.3, -0.25) is 9.69 Å². The van der Waals surface area contributed by atoms with Crippen molar-refractivity contribution in [2.45, 2.75) is 44.3 Å². The van der Waals surface area contributed by atoms with Crippen LogP contribution in [-0.4, -0.2) is 34.8 Å². The molecule has 1 aliphatic heterocycles. The smallest absolute Gasteiger partial charge is 0.237 e. The van der Waals surface area contributed by atoms with Crippen LogP contribution in [0.15, 0.2) is 35.7 Å². The fraction of sp³-hybridized carbons (Fsp3) is 0.450. The second-order valence-corrected chi connectivity index (χ2v) is 8.11. The number of likely N-dealkylation sites (tertiary alicyclic amines) is 1. The molecule has 1 saturated heterocycles. The van der Waals surface area contributed by atoms with E-state index in [4.69, 9.17) is 0 Å². The van der Waals surface area contributed by atoms with Crippen LogP contribution in [0.25, 0.3) is 0 Å². The van der Waals surface area contributed by atoms with Gasteiger partial charge in [0.1, 0.15) is 11.6 Å². The van der Waals surface area contributed by atoms with E-state index in [1.165, 1.54) is 17.0 Å². The maximum atomic E-state index is 14.0. The van der Waals surface area contributed by atoms with Crippen LogP contribution < -0.4 is 0 Å². The average molecular weight is 376 g/mol. The third kappa shape index (κ3) is 3.81. The Morgan fingerprint density at radius 2 is 2.08 bits per heavy atom. The predicted octanol–water partition coefficient (Wildman–Crippen LogP) is 4.35. The molecule has 0 bridgehead atoms. The number of hydrogen-bond acceptors (Lipinski definition) is 3. The van der Waals surface area contributed by atoms with Crippen molar-refractivity contribution in [3.8, 4) is 0 Å². The fourth-order valence-corrected chi connectivity index (χ4v) is 4.60. The van der Waals surface area contributed by atoms with Crippen LogP contribution in [0.3, 0.4) is 0 Å². The van der Waals surface area contributed by atoms with E-state index in [2.05, 4.69) is 6.07 Å². The van der Waals surface area contributed by atoms with Crippen LogP contribution in [0, 0.1) is 11.6 Å². The number of nitrogens with zero attached hydrogens (tertiary/aromatic N) is 2. The van der Waals surface area contributed by atoms with Gasteiger partial charge < -0.3 is 4.90 Å². The molecule has 0 radical (unpaired) electrons. The molecule has 3 nitrogen and oxygen atoms in total. The highest BCUT2D eigenvalue weighted by molar-refractivity contribution is 7.10. The first-order chi connectivity index (χ1) is 12.6. The van der Waals surface area contributed by atoms with Crippen molar-refractivity contribution in [1.29, 1.82) is 0 Å². The zero-order chi connectivity index (χ0) is 18.1. The Bertz CT molecular complexity index is 776. The molecular formula is C20H22F2N2OS. The second-order valence-electron chi connectivity index (χ2n) is 7.13. The molecule has 2 fully saturated rings. The Kier molecular flexibility index (Phi) is 5.05. The lowest BCUT2D eigenvalue weighted by atomic mass is 10.1. The van der Waals surface area contributed by atoms with Gasteiger partial charge in [-0.25, -0.2) is 8.78 Å². The summed E-state index contributed by atoms with van der Waals surface area (Å²) in [6.45, 7) is 1.42. The van der Waals surface area contributed by atoms with E-state index in [1.54, 1.807) is 11.3 Å². The third-order valence-electron chi connectivity index (χ3n) is 5.23. The minimum Gasteiger partial charge on any atom is -0.334 e. The van der Waals surface area contributed by atoms with Gasteiger partial charge in [-0.05, 0) is 43.2 Å². The van der Waals surface area contributed by atoms with Gasteiger partial charge in [0.15, 0.2) is 0 Å². The first-order valence-corrected chi connectivity index (χ1v) is 10.0. The molecule has 138 valence electrons. The Balaban J connectivity index is 1.45. The largest absolute Gasteiger partial charge is 0.334 e. The topological polar surface area (TPSA) is 23.6 Å². The van der Waals surface area contributed by atoms with Gasteiger partial charge in [0.2, 0.25) is 5.91 Å². The molecule has 1 atom stereocenters. The van der Waals surface area contributed by atoms with Crippen LogP contribution >= 0.6 is 11.3 Å². The Labute approximate surface area is 156 Å². The number of hydrogen-bond donors (Lipinski definition) is 0. The van der Waals surface area contributed by atoms with Crippen LogP contribution in [0.4, 0.5) is 8.78 Å². The van der Waals surface area contributed by atoms with E-state index in [-0.39, 0.29) is 11.9 Å². The summed E-state index contributed by atoms with van der Waals surface area (Å²) in [4.78, 5) is 18.2.